The third-order valence-corrected chi connectivity index (χ3v) is 3.06. The van der Waals surface area contributed by atoms with E-state index in [1.807, 2.05) is 20.0 Å². The summed E-state index contributed by atoms with van der Waals surface area (Å²) in [6.07, 6.45) is 0.296. The highest BCUT2D eigenvalue weighted by atomic mass is 35.5. The minimum Gasteiger partial charge on any atom is -0.314 e. The lowest BCUT2D eigenvalue weighted by Gasteiger charge is -2.08. The van der Waals surface area contributed by atoms with Gasteiger partial charge in [0.25, 0.3) is 0 Å². The zero-order chi connectivity index (χ0) is 13.8. The van der Waals surface area contributed by atoms with Gasteiger partial charge >= 0.3 is 0 Å². The number of benzene rings is 1. The smallest absolute Gasteiger partial charge is 0.133 e. The van der Waals surface area contributed by atoms with Gasteiger partial charge in [-0.3, -0.25) is 0 Å². The van der Waals surface area contributed by atoms with Crippen LogP contribution >= 0.6 is 11.6 Å². The van der Waals surface area contributed by atoms with Gasteiger partial charge in [0.1, 0.15) is 11.6 Å². The van der Waals surface area contributed by atoms with Crippen LogP contribution < -0.4 is 5.32 Å². The van der Waals surface area contributed by atoms with Crippen molar-refractivity contribution < 1.29 is 4.39 Å². The van der Waals surface area contributed by atoms with Crippen LogP contribution in [0.3, 0.4) is 0 Å². The first-order valence-electron chi connectivity index (χ1n) is 6.01. The van der Waals surface area contributed by atoms with Crippen LogP contribution in [-0.4, -0.2) is 17.0 Å². The molecular weight excluding hydrogens is 265 g/mol. The van der Waals surface area contributed by atoms with Crippen molar-refractivity contribution in [2.75, 3.05) is 7.05 Å². The Kier molecular flexibility index (Phi) is 4.45. The van der Waals surface area contributed by atoms with Crippen molar-refractivity contribution in [3.63, 3.8) is 0 Å². The monoisotopic (exact) mass is 279 g/mol. The van der Waals surface area contributed by atoms with Crippen molar-refractivity contribution >= 4 is 11.6 Å². The molecule has 1 aromatic carbocycles. The number of nitrogens with zero attached hydrogens (tertiary/aromatic N) is 2. The minimum absolute atomic E-state index is 0.296. The van der Waals surface area contributed by atoms with Gasteiger partial charge in [-0.05, 0) is 32.2 Å². The Balaban J connectivity index is 2.33. The van der Waals surface area contributed by atoms with E-state index in [-0.39, 0.29) is 5.82 Å². The molecular formula is C14H15ClFN3. The Morgan fingerprint density at radius 2 is 2.11 bits per heavy atom. The second-order valence-electron chi connectivity index (χ2n) is 4.32. The maximum Gasteiger partial charge on any atom is 0.133 e. The fourth-order valence-electron chi connectivity index (χ4n) is 1.91. The van der Waals surface area contributed by atoms with Crippen molar-refractivity contribution in [1.82, 2.24) is 15.3 Å². The Morgan fingerprint density at radius 1 is 1.32 bits per heavy atom. The normalized spacial score (nSPS) is 10.7. The summed E-state index contributed by atoms with van der Waals surface area (Å²) in [5.41, 5.74) is 2.19. The molecule has 0 unspecified atom stereocenters. The molecule has 19 heavy (non-hydrogen) atoms. The largest absolute Gasteiger partial charge is 0.314 e. The first kappa shape index (κ1) is 13.9. The zero-order valence-electron chi connectivity index (χ0n) is 10.9. The molecule has 0 bridgehead atoms. The summed E-state index contributed by atoms with van der Waals surface area (Å²) in [7, 11) is 1.85. The molecule has 1 N–H and O–H groups in total. The Labute approximate surface area is 116 Å². The second kappa shape index (κ2) is 6.08. The van der Waals surface area contributed by atoms with E-state index in [0.29, 0.717) is 29.4 Å². The SMILES string of the molecule is CNCc1cc(C)nc(Cc2c(F)cccc2Cl)n1. The third kappa shape index (κ3) is 3.49. The summed E-state index contributed by atoms with van der Waals surface area (Å²) in [5.74, 6) is 0.255. The molecule has 2 aromatic rings. The van der Waals surface area contributed by atoms with Crippen LogP contribution in [0.4, 0.5) is 4.39 Å². The van der Waals surface area contributed by atoms with Crippen molar-refractivity contribution in [3.05, 3.63) is 57.9 Å². The van der Waals surface area contributed by atoms with Gasteiger partial charge in [0, 0.05) is 29.2 Å². The van der Waals surface area contributed by atoms with Crippen LogP contribution in [0.1, 0.15) is 22.8 Å². The first-order valence-corrected chi connectivity index (χ1v) is 6.39. The summed E-state index contributed by atoms with van der Waals surface area (Å²) < 4.78 is 13.7. The van der Waals surface area contributed by atoms with E-state index < -0.39 is 0 Å². The summed E-state index contributed by atoms with van der Waals surface area (Å²) in [6, 6.07) is 6.56. The molecule has 100 valence electrons. The maximum absolute atomic E-state index is 13.7. The summed E-state index contributed by atoms with van der Waals surface area (Å²) in [5, 5.41) is 3.44. The molecule has 0 aliphatic carbocycles. The lowest BCUT2D eigenvalue weighted by Crippen LogP contribution is -2.10. The minimum atomic E-state index is -0.326. The molecule has 5 heteroatoms. The highest BCUT2D eigenvalue weighted by Crippen LogP contribution is 2.21. The van der Waals surface area contributed by atoms with Gasteiger partial charge in [0.05, 0.1) is 5.69 Å². The van der Waals surface area contributed by atoms with Crippen molar-refractivity contribution in [2.24, 2.45) is 0 Å². The summed E-state index contributed by atoms with van der Waals surface area (Å²) in [6.45, 7) is 2.55. The highest BCUT2D eigenvalue weighted by Gasteiger charge is 2.10. The van der Waals surface area contributed by atoms with Crippen molar-refractivity contribution in [2.45, 2.75) is 19.9 Å². The van der Waals surface area contributed by atoms with Gasteiger partial charge in [0.15, 0.2) is 0 Å². The maximum atomic E-state index is 13.7. The number of nitrogens with one attached hydrogen (secondary N) is 1. The van der Waals surface area contributed by atoms with E-state index in [1.165, 1.54) is 6.07 Å². The molecule has 0 aliphatic rings. The number of hydrogen-bond acceptors (Lipinski definition) is 3. The standard InChI is InChI=1S/C14H15ClFN3/c1-9-6-10(8-17-2)19-14(18-9)7-11-12(15)4-3-5-13(11)16/h3-6,17H,7-8H2,1-2H3. The molecule has 3 nitrogen and oxygen atoms in total. The van der Waals surface area contributed by atoms with E-state index >= 15 is 0 Å². The van der Waals surface area contributed by atoms with Gasteiger partial charge < -0.3 is 5.32 Å². The molecule has 0 amide bonds. The number of halogens is 2. The Bertz CT molecular complexity index is 567. The van der Waals surface area contributed by atoms with Crippen LogP contribution in [-0.2, 0) is 13.0 Å². The van der Waals surface area contributed by atoms with Crippen LogP contribution in [0.25, 0.3) is 0 Å². The van der Waals surface area contributed by atoms with Crippen molar-refractivity contribution in [3.8, 4) is 0 Å². The Hall–Kier alpha value is -1.52. The second-order valence-corrected chi connectivity index (χ2v) is 4.73. The number of aryl methyl sites for hydroxylation is 1. The average Bonchev–Trinajstić information content (AvgIpc) is 2.34. The molecule has 1 heterocycles. The van der Waals surface area contributed by atoms with E-state index in [1.54, 1.807) is 12.1 Å². The van der Waals surface area contributed by atoms with E-state index in [2.05, 4.69) is 15.3 Å². The van der Waals surface area contributed by atoms with Crippen molar-refractivity contribution in [1.29, 1.82) is 0 Å². The van der Waals surface area contributed by atoms with E-state index in [0.717, 1.165) is 11.4 Å². The van der Waals surface area contributed by atoms with Gasteiger partial charge in [-0.25, -0.2) is 14.4 Å². The topological polar surface area (TPSA) is 37.8 Å². The predicted octanol–water partition coefficient (Wildman–Crippen LogP) is 2.89. The fourth-order valence-corrected chi connectivity index (χ4v) is 2.14. The van der Waals surface area contributed by atoms with E-state index in [9.17, 15) is 4.39 Å². The van der Waals surface area contributed by atoms with Gasteiger partial charge in [0.2, 0.25) is 0 Å². The van der Waals surface area contributed by atoms with Crippen LogP contribution in [0, 0.1) is 12.7 Å². The molecule has 0 spiro atoms. The van der Waals surface area contributed by atoms with Crippen LogP contribution in [0.5, 0.6) is 0 Å². The van der Waals surface area contributed by atoms with Gasteiger partial charge in [-0.15, -0.1) is 0 Å². The van der Waals surface area contributed by atoms with Gasteiger partial charge in [-0.1, -0.05) is 17.7 Å². The molecule has 0 saturated heterocycles. The lowest BCUT2D eigenvalue weighted by molar-refractivity contribution is 0.611. The quantitative estimate of drug-likeness (QED) is 0.935. The molecule has 0 aliphatic heterocycles. The molecule has 0 fully saturated rings. The lowest BCUT2D eigenvalue weighted by atomic mass is 10.1. The predicted molar refractivity (Wildman–Crippen MR) is 73.7 cm³/mol. The molecule has 1 aromatic heterocycles. The third-order valence-electron chi connectivity index (χ3n) is 2.71. The fraction of sp³-hybridized carbons (Fsp3) is 0.286. The molecule has 0 saturated carbocycles. The van der Waals surface area contributed by atoms with E-state index in [4.69, 9.17) is 11.6 Å². The Morgan fingerprint density at radius 3 is 2.79 bits per heavy atom. The summed E-state index contributed by atoms with van der Waals surface area (Å²) >= 11 is 6.01. The number of aromatic nitrogens is 2. The summed E-state index contributed by atoms with van der Waals surface area (Å²) in [4.78, 5) is 8.73. The highest BCUT2D eigenvalue weighted by molar-refractivity contribution is 6.31. The molecule has 2 rings (SSSR count). The average molecular weight is 280 g/mol. The molecule has 0 atom stereocenters. The first-order chi connectivity index (χ1) is 9.10. The van der Waals surface area contributed by atoms with Gasteiger partial charge in [-0.2, -0.15) is 0 Å². The number of rotatable bonds is 4. The molecule has 0 radical (unpaired) electrons. The zero-order valence-corrected chi connectivity index (χ0v) is 11.6. The van der Waals surface area contributed by atoms with Crippen LogP contribution in [0.15, 0.2) is 24.3 Å². The number of hydrogen-bond donors (Lipinski definition) is 1. The van der Waals surface area contributed by atoms with Crippen LogP contribution in [0.2, 0.25) is 5.02 Å².